The van der Waals surface area contributed by atoms with E-state index >= 15 is 0 Å². The summed E-state index contributed by atoms with van der Waals surface area (Å²) in [5.74, 6) is -0.660. The molecule has 0 unspecified atom stereocenters. The monoisotopic (exact) mass is 1700 g/mol. The van der Waals surface area contributed by atoms with E-state index in [1.54, 1.807) is 42.7 Å². The Kier molecular flexibility index (Phi) is 36.6. The first-order valence-electron chi connectivity index (χ1n) is 44.4. The first kappa shape index (κ1) is 97.4. The van der Waals surface area contributed by atoms with Crippen LogP contribution in [-0.4, -0.2) is 246 Å². The summed E-state index contributed by atoms with van der Waals surface area (Å²) in [5, 5.41) is 29.1. The largest absolute Gasteiger partial charge is 0.442 e. The number of aliphatic hydroxyl groups is 2. The highest BCUT2D eigenvalue weighted by Gasteiger charge is 2.60. The van der Waals surface area contributed by atoms with Crippen LogP contribution in [-0.2, 0) is 80.9 Å². The van der Waals surface area contributed by atoms with Crippen LogP contribution in [0.3, 0.4) is 0 Å². The number of hydrogen-bond donors (Lipinski definition) is 8. The zero-order valence-electron chi connectivity index (χ0n) is 74.0. The van der Waals surface area contributed by atoms with Gasteiger partial charge in [-0.3, -0.25) is 28.8 Å². The molecular formula is C92H142N8O21. The molecule has 11 aliphatic rings. The summed E-state index contributed by atoms with van der Waals surface area (Å²) in [6, 6.07) is -0.294. The molecule has 27 atom stereocenters. The molecule has 11 saturated heterocycles. The van der Waals surface area contributed by atoms with Gasteiger partial charge < -0.3 is 105 Å². The second-order valence-electron chi connectivity index (χ2n) is 36.2. The number of epoxide rings is 3. The van der Waals surface area contributed by atoms with Crippen molar-refractivity contribution >= 4 is 47.6 Å². The number of nitrogens with one attached hydrogen (secondary N) is 3. The molecule has 0 aromatic heterocycles. The third kappa shape index (κ3) is 30.2. The number of nitrogens with two attached hydrogens (primary N) is 3. The third-order valence-electron chi connectivity index (χ3n) is 25.8. The molecule has 8 amide bonds. The van der Waals surface area contributed by atoms with Crippen molar-refractivity contribution in [3.8, 4) is 0 Å². The van der Waals surface area contributed by atoms with Gasteiger partial charge in [-0.15, -0.1) is 0 Å². The van der Waals surface area contributed by atoms with Gasteiger partial charge in [0.2, 0.25) is 35.4 Å². The molecule has 11 heterocycles. The summed E-state index contributed by atoms with van der Waals surface area (Å²) >= 11 is 0. The fourth-order valence-corrected chi connectivity index (χ4v) is 17.7. The van der Waals surface area contributed by atoms with E-state index in [4.69, 9.17) is 69.3 Å². The summed E-state index contributed by atoms with van der Waals surface area (Å²) < 4.78 is 65.2. The lowest BCUT2D eigenvalue weighted by atomic mass is 9.81. The van der Waals surface area contributed by atoms with Crippen LogP contribution in [0.25, 0.3) is 0 Å². The first-order chi connectivity index (χ1) is 57.4. The fraction of sp³-hybridized carbons (Fsp3) is 0.717. The van der Waals surface area contributed by atoms with Crippen LogP contribution in [0.2, 0.25) is 0 Å². The van der Waals surface area contributed by atoms with E-state index in [9.17, 15) is 48.6 Å². The number of carbonyl (C=O) groups excluding carboxylic acids is 8. The Hall–Kier alpha value is -7.42. The predicted molar refractivity (Wildman–Crippen MR) is 456 cm³/mol. The standard InChI is InChI=1S/C33H51N3O7.C32H49N3O8.C27H42N2O6/c1-21(10-13-29-24(4)33(20-40-33)19-26(43-29)18-30(34)37)9-12-28-22(2)17-27(25(5)42-28)35-31(38)14-11-23(3)41-32(39)36-15-7-6-8-16-36;1-20(9-12-27-30(38)32(19-40-32)18-24(43-27)17-28(33)36)8-11-26-21(2)16-25(23(4)42-26)34-29(37)13-10-22(3)41-31(39)35-14-6-5-7-15-35;1-16(7-10-24-19(4)27(15-33-27)14-21(35-24)13-25(28)31)6-9-23-17(2)12-22(20(5)34-23)29-26(32)11-8-18(3)30/h9-11,13-14,22-29H,6-8,12,15-20H2,1-5H3,(H2,34,37)(H,35,38);8-10,12-13,21-27,30,38H,5-7,11,14-19H2,1-4H3,(H2,33,36)(H,34,37);6-8,10-11,17-24,30H,9,12-15H2,1-5H3,(H2,28,31)(H,29,32)/b13-10+,14-11-,21-9+;12-9+,13-10-,20-8+;10-7+,11-8-,16-6+/t22-,23-,24+,25+,26+,27+,28-,29+,33+;21-,22-,23+,24+,25+,26-,27+,30+,32+;17-,18-,19+,20+,21+,22+,23-,24+,27+/m000/s1. The molecule has 0 saturated carbocycles. The maximum absolute atomic E-state index is 12.6. The number of nitrogens with zero attached hydrogens (tertiary/aromatic N) is 2. The zero-order valence-corrected chi connectivity index (χ0v) is 74.0. The molecule has 3 spiro atoms. The number of amides is 8. The Labute approximate surface area is 716 Å². The van der Waals surface area contributed by atoms with Gasteiger partial charge >= 0.3 is 12.2 Å². The molecule has 0 aromatic carbocycles. The molecule has 11 fully saturated rings. The van der Waals surface area contributed by atoms with Crippen LogP contribution >= 0.6 is 0 Å². The molecule has 0 aromatic rings. The normalized spacial score (nSPS) is 36.6. The Morgan fingerprint density at radius 2 is 0.736 bits per heavy atom. The number of piperidine rings is 2. The summed E-state index contributed by atoms with van der Waals surface area (Å²) in [7, 11) is 0. The number of rotatable bonds is 29. The lowest BCUT2D eigenvalue weighted by molar-refractivity contribution is -0.143. The van der Waals surface area contributed by atoms with Crippen LogP contribution in [0.1, 0.15) is 213 Å². The average molecular weight is 1700 g/mol. The number of ether oxygens (including phenoxy) is 11. The molecule has 0 radical (unpaired) electrons. The number of likely N-dealkylation sites (tertiary alicyclic amines) is 2. The van der Waals surface area contributed by atoms with E-state index in [0.29, 0.717) is 45.5 Å². The quantitative estimate of drug-likeness (QED) is 0.0196. The van der Waals surface area contributed by atoms with Crippen LogP contribution in [0.4, 0.5) is 9.59 Å². The van der Waals surface area contributed by atoms with Gasteiger partial charge in [-0.05, 0) is 169 Å². The lowest BCUT2D eigenvalue weighted by Crippen LogP contribution is -2.50. The lowest BCUT2D eigenvalue weighted by Gasteiger charge is -2.39. The van der Waals surface area contributed by atoms with Gasteiger partial charge in [0.1, 0.15) is 30.0 Å². The molecule has 29 heteroatoms. The van der Waals surface area contributed by atoms with Crippen molar-refractivity contribution in [3.05, 3.63) is 108 Å². The summed E-state index contributed by atoms with van der Waals surface area (Å²) in [6.07, 6.45) is 35.6. The van der Waals surface area contributed by atoms with Crippen LogP contribution in [0.5, 0.6) is 0 Å². The molecular weight excluding hydrogens is 1550 g/mol. The van der Waals surface area contributed by atoms with E-state index in [1.807, 2.05) is 39.8 Å². The van der Waals surface area contributed by atoms with E-state index in [2.05, 4.69) is 107 Å². The number of hydrogen-bond acceptors (Lipinski definition) is 21. The van der Waals surface area contributed by atoms with Crippen molar-refractivity contribution in [2.75, 3.05) is 46.0 Å². The molecule has 11 aliphatic heterocycles. The number of allylic oxidation sites excluding steroid dienone is 6. The zero-order chi connectivity index (χ0) is 88.0. The van der Waals surface area contributed by atoms with Gasteiger partial charge in [0.05, 0.1) is 142 Å². The van der Waals surface area contributed by atoms with Gasteiger partial charge in [0, 0.05) is 75.5 Å². The Bertz CT molecular complexity index is 3590. The van der Waals surface area contributed by atoms with Gasteiger partial charge in [-0.2, -0.15) is 0 Å². The van der Waals surface area contributed by atoms with Crippen LogP contribution in [0, 0.1) is 29.6 Å². The first-order valence-corrected chi connectivity index (χ1v) is 44.4. The molecule has 29 nitrogen and oxygen atoms in total. The van der Waals surface area contributed by atoms with Crippen molar-refractivity contribution < 1.29 is 101 Å². The van der Waals surface area contributed by atoms with Crippen molar-refractivity contribution in [2.24, 2.45) is 46.8 Å². The fourth-order valence-electron chi connectivity index (χ4n) is 17.7. The molecule has 11 rings (SSSR count). The molecule has 121 heavy (non-hydrogen) atoms. The second kappa shape index (κ2) is 45.5. The minimum Gasteiger partial charge on any atom is -0.442 e. The third-order valence-corrected chi connectivity index (χ3v) is 25.8. The highest BCUT2D eigenvalue weighted by atomic mass is 16.6. The average Bonchev–Trinajstić information content (AvgIpc) is 1.61. The SMILES string of the molecule is CC(/C=C/[C@H]1O[C@H](CC(N)=O)C[C@@]2(CO2)[C@@H]1C)=C\C[C@@H]1O[C@H](C)[C@H](NC(=O)/C=C\[C@H](C)O)C[C@@H]1C.CC(/C=C/[C@H]1O[C@H](CC(N)=O)C[C@@]2(CO2)[C@@H]1C)=C\C[C@@H]1O[C@H](C)[C@H](NC(=O)/C=C\[C@H](C)OC(=O)N2CCCCC2)C[C@@H]1C.CC(/C=C/[C@H]1O[C@H](CC(N)=O)C[C@@]2(CO2)[C@@H]1O)=C\C[C@@H]1O[C@H](C)[C@H](NC(=O)/C=C\[C@H](C)OC(=O)N2CCCCC2)C[C@@H]1C. The Balaban J connectivity index is 0.000000208. The van der Waals surface area contributed by atoms with Gasteiger partial charge in [0.25, 0.3) is 0 Å². The molecule has 0 bridgehead atoms. The van der Waals surface area contributed by atoms with Crippen molar-refractivity contribution in [1.29, 1.82) is 0 Å². The smallest absolute Gasteiger partial charge is 0.410 e. The number of primary amides is 3. The second-order valence-corrected chi connectivity index (χ2v) is 36.2. The van der Waals surface area contributed by atoms with Crippen molar-refractivity contribution in [1.82, 2.24) is 25.8 Å². The van der Waals surface area contributed by atoms with E-state index in [-0.39, 0.29) is 187 Å². The van der Waals surface area contributed by atoms with Crippen molar-refractivity contribution in [2.45, 2.75) is 345 Å². The maximum atomic E-state index is 12.6. The van der Waals surface area contributed by atoms with Crippen LogP contribution < -0.4 is 33.2 Å². The molecule has 676 valence electrons. The van der Waals surface area contributed by atoms with Gasteiger partial charge in [-0.25, -0.2) is 9.59 Å². The topological polar surface area (TPSA) is 409 Å². The van der Waals surface area contributed by atoms with Gasteiger partial charge in [0.15, 0.2) is 0 Å². The summed E-state index contributed by atoms with van der Waals surface area (Å²) in [5.41, 5.74) is 18.4. The minimum atomic E-state index is -0.803. The van der Waals surface area contributed by atoms with Crippen LogP contribution in [0.15, 0.2) is 108 Å². The highest BCUT2D eigenvalue weighted by molar-refractivity contribution is 5.89. The van der Waals surface area contributed by atoms with E-state index < -0.39 is 42.0 Å². The summed E-state index contributed by atoms with van der Waals surface area (Å²) in [4.78, 5) is 99.6. The maximum Gasteiger partial charge on any atom is 0.410 e. The number of aliphatic hydroxyl groups excluding tert-OH is 2. The Morgan fingerprint density at radius 3 is 1.04 bits per heavy atom. The highest BCUT2D eigenvalue weighted by Crippen LogP contribution is 2.49. The predicted octanol–water partition coefficient (Wildman–Crippen LogP) is 9.64. The Morgan fingerprint density at radius 1 is 0.438 bits per heavy atom. The van der Waals surface area contributed by atoms with E-state index in [1.165, 1.54) is 24.3 Å². The van der Waals surface area contributed by atoms with Crippen molar-refractivity contribution in [3.63, 3.8) is 0 Å². The summed E-state index contributed by atoms with van der Waals surface area (Å²) in [6.45, 7) is 32.6. The number of carbonyl (C=O) groups is 8. The van der Waals surface area contributed by atoms with Gasteiger partial charge in [-0.1, -0.05) is 112 Å². The molecule has 11 N–H and O–H groups in total. The minimum absolute atomic E-state index is 0.00383. The molecule has 0 aliphatic carbocycles. The van der Waals surface area contributed by atoms with E-state index in [0.717, 1.165) is 114 Å².